The van der Waals surface area contributed by atoms with E-state index in [2.05, 4.69) is 35.3 Å². The molecule has 1 aromatic heterocycles. The molecular weight excluding hydrogens is 396 g/mol. The van der Waals surface area contributed by atoms with Gasteiger partial charge in [-0.2, -0.15) is 0 Å². The third-order valence-electron chi connectivity index (χ3n) is 5.63. The molecule has 0 radical (unpaired) electrons. The topological polar surface area (TPSA) is 65.5 Å². The summed E-state index contributed by atoms with van der Waals surface area (Å²) >= 11 is 1.68. The zero-order valence-electron chi connectivity index (χ0n) is 17.5. The summed E-state index contributed by atoms with van der Waals surface area (Å²) in [6, 6.07) is 13.9. The van der Waals surface area contributed by atoms with E-state index >= 15 is 0 Å². The summed E-state index contributed by atoms with van der Waals surface area (Å²) in [7, 11) is 0. The molecule has 1 aliphatic heterocycles. The van der Waals surface area contributed by atoms with Crippen LogP contribution in [0.3, 0.4) is 0 Å². The molecule has 0 saturated carbocycles. The lowest BCUT2D eigenvalue weighted by Crippen LogP contribution is -2.53. The number of nitrogens with one attached hydrogen (secondary N) is 1. The van der Waals surface area contributed by atoms with Gasteiger partial charge in [0.15, 0.2) is 0 Å². The van der Waals surface area contributed by atoms with Gasteiger partial charge in [-0.05, 0) is 55.8 Å². The Morgan fingerprint density at radius 3 is 2.43 bits per heavy atom. The summed E-state index contributed by atoms with van der Waals surface area (Å²) in [4.78, 5) is 32.8. The molecule has 0 aliphatic carbocycles. The van der Waals surface area contributed by atoms with Gasteiger partial charge >= 0.3 is 0 Å². The van der Waals surface area contributed by atoms with Crippen molar-refractivity contribution in [3.05, 3.63) is 48.0 Å². The number of thiazole rings is 1. The van der Waals surface area contributed by atoms with E-state index in [1.165, 1.54) is 10.3 Å². The highest BCUT2D eigenvalue weighted by molar-refractivity contribution is 7.21. The molecule has 6 nitrogen and oxygen atoms in total. The van der Waals surface area contributed by atoms with E-state index in [0.29, 0.717) is 26.2 Å². The number of aromatic nitrogens is 1. The maximum absolute atomic E-state index is 12.7. The van der Waals surface area contributed by atoms with Crippen LogP contribution in [0.4, 0.5) is 5.69 Å². The van der Waals surface area contributed by atoms with Crippen LogP contribution >= 0.6 is 11.3 Å². The lowest BCUT2D eigenvalue weighted by Gasteiger charge is -2.37. The van der Waals surface area contributed by atoms with Crippen molar-refractivity contribution in [3.63, 3.8) is 0 Å². The molecule has 2 aromatic carbocycles. The van der Waals surface area contributed by atoms with E-state index in [-0.39, 0.29) is 17.9 Å². The predicted octanol–water partition coefficient (Wildman–Crippen LogP) is 3.76. The first-order valence-electron chi connectivity index (χ1n) is 10.2. The normalized spacial score (nSPS) is 15.9. The van der Waals surface area contributed by atoms with Crippen LogP contribution in [0.5, 0.6) is 0 Å². The Morgan fingerprint density at radius 2 is 1.77 bits per heavy atom. The molecule has 0 unspecified atom stereocenters. The SMILES string of the molecule is CC(=O)N1CCN([C@H](C)C(=O)Nc2ccc(-c3nc4ccc(C)cc4s3)cc2)CC1. The quantitative estimate of drug-likeness (QED) is 0.695. The van der Waals surface area contributed by atoms with Crippen molar-refractivity contribution in [1.82, 2.24) is 14.8 Å². The summed E-state index contributed by atoms with van der Waals surface area (Å²) in [6.07, 6.45) is 0. The van der Waals surface area contributed by atoms with Gasteiger partial charge in [-0.15, -0.1) is 11.3 Å². The maximum atomic E-state index is 12.7. The fraction of sp³-hybridized carbons (Fsp3) is 0.348. The van der Waals surface area contributed by atoms with E-state index in [4.69, 9.17) is 4.98 Å². The molecule has 2 amide bonds. The van der Waals surface area contributed by atoms with Gasteiger partial charge in [0.1, 0.15) is 5.01 Å². The van der Waals surface area contributed by atoms with Gasteiger partial charge in [0.2, 0.25) is 11.8 Å². The number of fused-ring (bicyclic) bond motifs is 1. The number of hydrogen-bond acceptors (Lipinski definition) is 5. The van der Waals surface area contributed by atoms with Crippen LogP contribution in [-0.4, -0.2) is 58.8 Å². The first-order chi connectivity index (χ1) is 14.4. The van der Waals surface area contributed by atoms with Gasteiger partial charge in [-0.1, -0.05) is 6.07 Å². The number of aryl methyl sites for hydroxylation is 1. The van der Waals surface area contributed by atoms with E-state index in [9.17, 15) is 9.59 Å². The van der Waals surface area contributed by atoms with E-state index in [0.717, 1.165) is 21.8 Å². The fourth-order valence-electron chi connectivity index (χ4n) is 3.69. The van der Waals surface area contributed by atoms with Crippen LogP contribution < -0.4 is 5.32 Å². The Kier molecular flexibility index (Phi) is 5.83. The largest absolute Gasteiger partial charge is 0.340 e. The van der Waals surface area contributed by atoms with E-state index < -0.39 is 0 Å². The van der Waals surface area contributed by atoms with Crippen molar-refractivity contribution >= 4 is 39.1 Å². The molecule has 4 rings (SSSR count). The molecule has 1 fully saturated rings. The van der Waals surface area contributed by atoms with Crippen LogP contribution in [0.1, 0.15) is 19.4 Å². The van der Waals surface area contributed by atoms with Gasteiger partial charge in [0, 0.05) is 44.4 Å². The molecule has 0 spiro atoms. The third kappa shape index (κ3) is 4.37. The Bertz CT molecular complexity index is 1070. The number of carbonyl (C=O) groups is 2. The Morgan fingerprint density at radius 1 is 1.07 bits per heavy atom. The smallest absolute Gasteiger partial charge is 0.241 e. The minimum absolute atomic E-state index is 0.0329. The number of piperazine rings is 1. The van der Waals surface area contributed by atoms with Gasteiger partial charge in [0.05, 0.1) is 16.3 Å². The van der Waals surface area contributed by atoms with E-state index in [1.54, 1.807) is 18.3 Å². The third-order valence-corrected chi connectivity index (χ3v) is 6.70. The van der Waals surface area contributed by atoms with Crippen molar-refractivity contribution in [2.24, 2.45) is 0 Å². The number of amides is 2. The van der Waals surface area contributed by atoms with Gasteiger partial charge in [-0.25, -0.2) is 4.98 Å². The Labute approximate surface area is 180 Å². The van der Waals surface area contributed by atoms with Gasteiger partial charge in [0.25, 0.3) is 0 Å². The Balaban J connectivity index is 1.39. The number of nitrogens with zero attached hydrogens (tertiary/aromatic N) is 3. The van der Waals surface area contributed by atoms with Crippen molar-refractivity contribution < 1.29 is 9.59 Å². The molecule has 1 aliphatic rings. The molecule has 7 heteroatoms. The highest BCUT2D eigenvalue weighted by Crippen LogP contribution is 2.31. The van der Waals surface area contributed by atoms with Crippen molar-refractivity contribution in [2.75, 3.05) is 31.5 Å². The minimum atomic E-state index is -0.244. The van der Waals surface area contributed by atoms with Crippen LogP contribution in [-0.2, 0) is 9.59 Å². The lowest BCUT2D eigenvalue weighted by molar-refractivity contribution is -0.131. The van der Waals surface area contributed by atoms with Crippen LogP contribution in [0.15, 0.2) is 42.5 Å². The molecule has 2 heterocycles. The second-order valence-electron chi connectivity index (χ2n) is 7.77. The van der Waals surface area contributed by atoms with Crippen LogP contribution in [0.25, 0.3) is 20.8 Å². The number of benzene rings is 2. The lowest BCUT2D eigenvalue weighted by atomic mass is 10.2. The Hall–Kier alpha value is -2.77. The number of carbonyl (C=O) groups excluding carboxylic acids is 2. The molecule has 0 bridgehead atoms. The van der Waals surface area contributed by atoms with E-state index in [1.807, 2.05) is 36.1 Å². The molecule has 1 atom stereocenters. The van der Waals surface area contributed by atoms with Gasteiger partial charge in [-0.3, -0.25) is 14.5 Å². The summed E-state index contributed by atoms with van der Waals surface area (Å²) < 4.78 is 1.18. The summed E-state index contributed by atoms with van der Waals surface area (Å²) in [6.45, 7) is 8.35. The second-order valence-corrected chi connectivity index (χ2v) is 8.81. The standard InChI is InChI=1S/C23H26N4O2S/c1-15-4-9-20-21(14-15)30-23(25-20)18-5-7-19(8-6-18)24-22(29)16(2)26-10-12-27(13-11-26)17(3)28/h4-9,14,16H,10-13H2,1-3H3,(H,24,29)/t16-/m1/s1. The van der Waals surface area contributed by atoms with Crippen LogP contribution in [0.2, 0.25) is 0 Å². The highest BCUT2D eigenvalue weighted by atomic mass is 32.1. The second kappa shape index (κ2) is 8.53. The van der Waals surface area contributed by atoms with Crippen molar-refractivity contribution in [2.45, 2.75) is 26.8 Å². The van der Waals surface area contributed by atoms with Gasteiger partial charge < -0.3 is 10.2 Å². The number of rotatable bonds is 4. The van der Waals surface area contributed by atoms with Crippen molar-refractivity contribution in [3.8, 4) is 10.6 Å². The molecule has 30 heavy (non-hydrogen) atoms. The average Bonchev–Trinajstić information content (AvgIpc) is 3.17. The molecular formula is C23H26N4O2S. The summed E-state index contributed by atoms with van der Waals surface area (Å²) in [5, 5.41) is 3.98. The predicted molar refractivity (Wildman–Crippen MR) is 122 cm³/mol. The first-order valence-corrected chi connectivity index (χ1v) is 11.0. The molecule has 3 aromatic rings. The zero-order chi connectivity index (χ0) is 21.3. The number of hydrogen-bond donors (Lipinski definition) is 1. The van der Waals surface area contributed by atoms with Crippen LogP contribution in [0, 0.1) is 6.92 Å². The minimum Gasteiger partial charge on any atom is -0.340 e. The summed E-state index contributed by atoms with van der Waals surface area (Å²) in [5.74, 6) is 0.0598. The highest BCUT2D eigenvalue weighted by Gasteiger charge is 2.26. The van der Waals surface area contributed by atoms with Crippen molar-refractivity contribution in [1.29, 1.82) is 0 Å². The molecule has 1 saturated heterocycles. The molecule has 1 N–H and O–H groups in total. The summed E-state index contributed by atoms with van der Waals surface area (Å²) in [5.41, 5.74) is 4.06. The fourth-order valence-corrected chi connectivity index (χ4v) is 4.76. The monoisotopic (exact) mass is 422 g/mol. The average molecular weight is 423 g/mol. The maximum Gasteiger partial charge on any atom is 0.241 e. The number of anilines is 1. The first kappa shape index (κ1) is 20.5. The zero-order valence-corrected chi connectivity index (χ0v) is 18.3. The molecule has 156 valence electrons.